The first-order chi connectivity index (χ1) is 19.5. The number of carboxylic acids is 1. The van der Waals surface area contributed by atoms with Crippen molar-refractivity contribution in [3.63, 3.8) is 0 Å². The largest absolute Gasteiger partial charge is 0.493 e. The van der Waals surface area contributed by atoms with Gasteiger partial charge in [0.1, 0.15) is 27.1 Å². The first-order valence-corrected chi connectivity index (χ1v) is 14.9. The molecule has 2 atom stereocenters. The van der Waals surface area contributed by atoms with Crippen LogP contribution in [0.1, 0.15) is 87.7 Å². The van der Waals surface area contributed by atoms with E-state index in [2.05, 4.69) is 0 Å². The summed E-state index contributed by atoms with van der Waals surface area (Å²) in [6.07, 6.45) is 0.627. The van der Waals surface area contributed by atoms with Gasteiger partial charge in [-0.2, -0.15) is 0 Å². The number of aryl methyl sites for hydroxylation is 1. The number of fused-ring (bicyclic) bond motifs is 1. The van der Waals surface area contributed by atoms with Crippen molar-refractivity contribution in [2.45, 2.75) is 92.0 Å². The summed E-state index contributed by atoms with van der Waals surface area (Å²) in [5, 5.41) is 10.3. The van der Waals surface area contributed by atoms with E-state index in [4.69, 9.17) is 14.2 Å². The van der Waals surface area contributed by atoms with E-state index in [0.29, 0.717) is 17.9 Å². The lowest BCUT2D eigenvalue weighted by atomic mass is 9.98. The summed E-state index contributed by atoms with van der Waals surface area (Å²) in [4.78, 5) is 53.8. The predicted octanol–water partition coefficient (Wildman–Crippen LogP) is 5.26. The van der Waals surface area contributed by atoms with Crippen molar-refractivity contribution >= 4 is 33.5 Å². The summed E-state index contributed by atoms with van der Waals surface area (Å²) in [6, 6.07) is 7.40. The van der Waals surface area contributed by atoms with Crippen LogP contribution >= 0.6 is 11.3 Å². The number of carboxylic acid groups (broad SMARTS) is 1. The molecule has 0 aliphatic carbocycles. The number of para-hydroxylation sites is 1. The molecular formula is C30H40N2O8S. The smallest absolute Gasteiger partial charge is 0.348 e. The molecule has 10 nitrogen and oxygen atoms in total. The van der Waals surface area contributed by atoms with Gasteiger partial charge in [0.15, 0.2) is 0 Å². The normalized spacial score (nSPS) is 13.8. The van der Waals surface area contributed by atoms with Crippen molar-refractivity contribution in [1.29, 1.82) is 0 Å². The zero-order valence-electron chi connectivity index (χ0n) is 24.8. The molecule has 224 valence electrons. The lowest BCUT2D eigenvalue weighted by Crippen LogP contribution is -2.54. The molecule has 0 aliphatic rings. The predicted molar refractivity (Wildman–Crippen MR) is 158 cm³/mol. The molecule has 0 saturated carbocycles. The van der Waals surface area contributed by atoms with Gasteiger partial charge in [-0.15, -0.1) is 11.3 Å². The maximum Gasteiger partial charge on any atom is 0.348 e. The van der Waals surface area contributed by atoms with E-state index in [-0.39, 0.29) is 40.8 Å². The van der Waals surface area contributed by atoms with E-state index in [1.54, 1.807) is 20.8 Å². The van der Waals surface area contributed by atoms with E-state index in [9.17, 15) is 24.3 Å². The van der Waals surface area contributed by atoms with Gasteiger partial charge in [0.25, 0.3) is 5.56 Å². The van der Waals surface area contributed by atoms with Crippen LogP contribution in [0.3, 0.4) is 0 Å². The highest BCUT2D eigenvalue weighted by atomic mass is 32.1. The second kappa shape index (κ2) is 13.5. The molecule has 0 radical (unpaired) electrons. The lowest BCUT2D eigenvalue weighted by molar-refractivity contribution is -0.147. The molecule has 0 saturated heterocycles. The SMILES string of the molecule is CCOC(=O)c1sc2c(c1C)c(=O)n(C(C)(CC)C(=O)O)c(=O)n2C[C@H](OC(CC)CC)c1ccccc1OCC. The third-order valence-corrected chi connectivity index (χ3v) is 8.79. The zero-order chi connectivity index (χ0) is 30.5. The molecule has 2 aromatic heterocycles. The highest BCUT2D eigenvalue weighted by Crippen LogP contribution is 2.34. The Morgan fingerprint density at radius 3 is 2.27 bits per heavy atom. The van der Waals surface area contributed by atoms with Crippen molar-refractivity contribution in [2.75, 3.05) is 13.2 Å². The second-order valence-corrected chi connectivity index (χ2v) is 11.0. The van der Waals surface area contributed by atoms with Crippen LogP contribution < -0.4 is 16.0 Å². The van der Waals surface area contributed by atoms with Crippen molar-refractivity contribution in [3.8, 4) is 5.75 Å². The number of thiophene rings is 1. The number of hydrogen-bond donors (Lipinski definition) is 1. The van der Waals surface area contributed by atoms with Gasteiger partial charge in [0, 0.05) is 5.56 Å². The van der Waals surface area contributed by atoms with Gasteiger partial charge in [-0.05, 0) is 58.6 Å². The minimum atomic E-state index is -1.82. The molecule has 3 rings (SSSR count). The Bertz CT molecular complexity index is 1520. The zero-order valence-corrected chi connectivity index (χ0v) is 25.6. The van der Waals surface area contributed by atoms with Crippen LogP contribution in [0.2, 0.25) is 0 Å². The number of carbonyl (C=O) groups is 2. The molecular weight excluding hydrogens is 548 g/mol. The summed E-state index contributed by atoms with van der Waals surface area (Å²) >= 11 is 0.985. The summed E-state index contributed by atoms with van der Waals surface area (Å²) in [7, 11) is 0. The number of benzene rings is 1. The number of rotatable bonds is 14. The summed E-state index contributed by atoms with van der Waals surface area (Å²) < 4.78 is 19.8. The molecule has 11 heteroatoms. The third-order valence-electron chi connectivity index (χ3n) is 7.50. The molecule has 41 heavy (non-hydrogen) atoms. The average Bonchev–Trinajstić information content (AvgIpc) is 3.30. The summed E-state index contributed by atoms with van der Waals surface area (Å²) in [5.74, 6) is -1.32. The molecule has 1 aromatic carbocycles. The van der Waals surface area contributed by atoms with Gasteiger partial charge < -0.3 is 19.3 Å². The number of hydrogen-bond acceptors (Lipinski definition) is 8. The number of nitrogens with zero attached hydrogens (tertiary/aromatic N) is 2. The van der Waals surface area contributed by atoms with E-state index in [0.717, 1.165) is 34.3 Å². The van der Waals surface area contributed by atoms with Gasteiger partial charge >= 0.3 is 17.6 Å². The van der Waals surface area contributed by atoms with E-state index in [1.807, 2.05) is 45.0 Å². The van der Waals surface area contributed by atoms with Crippen LogP contribution in [0.15, 0.2) is 33.9 Å². The Hall–Kier alpha value is -3.44. The first kappa shape index (κ1) is 32.1. The Morgan fingerprint density at radius 1 is 1.05 bits per heavy atom. The highest BCUT2D eigenvalue weighted by Gasteiger charge is 2.39. The van der Waals surface area contributed by atoms with Crippen LogP contribution in [-0.4, -0.2) is 45.5 Å². The van der Waals surface area contributed by atoms with Gasteiger partial charge in [-0.25, -0.2) is 19.0 Å². The van der Waals surface area contributed by atoms with E-state index in [1.165, 1.54) is 11.5 Å². The van der Waals surface area contributed by atoms with Crippen LogP contribution in [0, 0.1) is 6.92 Å². The van der Waals surface area contributed by atoms with Crippen molar-refractivity contribution in [2.24, 2.45) is 0 Å². The summed E-state index contributed by atoms with van der Waals surface area (Å²) in [6.45, 7) is 12.7. The highest BCUT2D eigenvalue weighted by molar-refractivity contribution is 7.20. The van der Waals surface area contributed by atoms with Crippen molar-refractivity contribution < 1.29 is 28.9 Å². The maximum atomic E-state index is 14.2. The van der Waals surface area contributed by atoms with Crippen LogP contribution in [0.25, 0.3) is 10.2 Å². The quantitative estimate of drug-likeness (QED) is 0.253. The number of carbonyl (C=O) groups excluding carboxylic acids is 1. The standard InChI is InChI=1S/C30H40N2O8S/c1-8-19(9-2)40-22(20-15-13-14-16-21(20)38-11-4)17-31-26-23(18(6)24(41-26)27(34)39-12-5)25(33)32(29(31)37)30(7,10-3)28(35)36/h13-16,19,22H,8-12,17H2,1-7H3,(H,35,36)/t22-,30?/m0/s1. The van der Waals surface area contributed by atoms with E-state index < -0.39 is 34.8 Å². The minimum Gasteiger partial charge on any atom is -0.493 e. The molecule has 0 spiro atoms. The third kappa shape index (κ3) is 6.11. The van der Waals surface area contributed by atoms with Gasteiger partial charge in [0.05, 0.1) is 31.2 Å². The van der Waals surface area contributed by atoms with Gasteiger partial charge in [-0.1, -0.05) is 39.0 Å². The van der Waals surface area contributed by atoms with E-state index >= 15 is 0 Å². The van der Waals surface area contributed by atoms with Gasteiger partial charge in [0.2, 0.25) is 0 Å². The topological polar surface area (TPSA) is 126 Å². The fraction of sp³-hybridized carbons (Fsp3) is 0.533. The molecule has 0 aliphatic heterocycles. The molecule has 0 amide bonds. The summed E-state index contributed by atoms with van der Waals surface area (Å²) in [5.41, 5.74) is -2.32. The second-order valence-electron chi connectivity index (χ2n) is 9.96. The molecule has 2 heterocycles. The Morgan fingerprint density at radius 2 is 1.71 bits per heavy atom. The van der Waals surface area contributed by atoms with Gasteiger partial charge in [-0.3, -0.25) is 9.36 Å². The fourth-order valence-corrected chi connectivity index (χ4v) is 6.06. The van der Waals surface area contributed by atoms with Crippen LogP contribution in [0.4, 0.5) is 0 Å². The van der Waals surface area contributed by atoms with Crippen LogP contribution in [-0.2, 0) is 26.4 Å². The molecule has 3 aromatic rings. The average molecular weight is 589 g/mol. The van der Waals surface area contributed by atoms with Crippen molar-refractivity contribution in [1.82, 2.24) is 9.13 Å². The van der Waals surface area contributed by atoms with Crippen LogP contribution in [0.5, 0.6) is 5.75 Å². The number of aromatic nitrogens is 2. The number of aliphatic carboxylic acids is 1. The molecule has 1 unspecified atom stereocenters. The molecule has 0 bridgehead atoms. The lowest BCUT2D eigenvalue weighted by Gasteiger charge is -2.29. The molecule has 0 fully saturated rings. The monoisotopic (exact) mass is 588 g/mol. The minimum absolute atomic E-state index is 0.0161. The maximum absolute atomic E-state index is 14.2. The van der Waals surface area contributed by atoms with Crippen molar-refractivity contribution in [3.05, 3.63) is 61.1 Å². The number of ether oxygens (including phenoxy) is 3. The Kier molecular flexibility index (Phi) is 10.5. The first-order valence-electron chi connectivity index (χ1n) is 14.1. The number of esters is 1. The Balaban J connectivity index is 2.42. The Labute approximate surface area is 243 Å². The fourth-order valence-electron chi connectivity index (χ4n) is 4.87. The molecule has 1 N–H and O–H groups in total.